The van der Waals surface area contributed by atoms with Gasteiger partial charge in [-0.05, 0) is 42.1 Å². The summed E-state index contributed by atoms with van der Waals surface area (Å²) in [5, 5.41) is 14.6. The SMILES string of the molecule is Cc1cc2ccccc2n1CC(=O)NC[C@@H](O)c1cccc(Cl)c1. The number of halogens is 1. The van der Waals surface area contributed by atoms with Gasteiger partial charge in [-0.2, -0.15) is 0 Å². The Morgan fingerprint density at radius 2 is 2.00 bits per heavy atom. The summed E-state index contributed by atoms with van der Waals surface area (Å²) >= 11 is 5.92. The third kappa shape index (κ3) is 3.61. The van der Waals surface area contributed by atoms with Crippen molar-refractivity contribution in [1.82, 2.24) is 9.88 Å². The summed E-state index contributed by atoms with van der Waals surface area (Å²) in [5.74, 6) is -0.138. The van der Waals surface area contributed by atoms with Crippen molar-refractivity contribution in [2.75, 3.05) is 6.54 Å². The van der Waals surface area contributed by atoms with Gasteiger partial charge in [0.15, 0.2) is 0 Å². The Balaban J connectivity index is 1.64. The van der Waals surface area contributed by atoms with Crippen LogP contribution in [0.4, 0.5) is 0 Å². The lowest BCUT2D eigenvalue weighted by molar-refractivity contribution is -0.122. The number of para-hydroxylation sites is 1. The van der Waals surface area contributed by atoms with Gasteiger partial charge in [0.1, 0.15) is 6.54 Å². The number of hydrogen-bond acceptors (Lipinski definition) is 2. The molecule has 0 fully saturated rings. The number of aliphatic hydroxyl groups excluding tert-OH is 1. The van der Waals surface area contributed by atoms with Crippen LogP contribution >= 0.6 is 11.6 Å². The molecule has 1 aromatic heterocycles. The fourth-order valence-corrected chi connectivity index (χ4v) is 3.00. The third-order valence-electron chi connectivity index (χ3n) is 4.05. The smallest absolute Gasteiger partial charge is 0.240 e. The van der Waals surface area contributed by atoms with Crippen molar-refractivity contribution in [2.45, 2.75) is 19.6 Å². The van der Waals surface area contributed by atoms with Crippen LogP contribution in [0.3, 0.4) is 0 Å². The molecular weight excluding hydrogens is 324 g/mol. The largest absolute Gasteiger partial charge is 0.387 e. The van der Waals surface area contributed by atoms with E-state index in [-0.39, 0.29) is 19.0 Å². The first kappa shape index (κ1) is 16.6. The van der Waals surface area contributed by atoms with Crippen LogP contribution in [0.25, 0.3) is 10.9 Å². The molecule has 2 aromatic carbocycles. The molecule has 24 heavy (non-hydrogen) atoms. The highest BCUT2D eigenvalue weighted by Gasteiger charge is 2.12. The molecule has 124 valence electrons. The van der Waals surface area contributed by atoms with Gasteiger partial charge in [-0.25, -0.2) is 0 Å². The number of fused-ring (bicyclic) bond motifs is 1. The molecule has 3 rings (SSSR count). The van der Waals surface area contributed by atoms with Crippen LogP contribution in [0.1, 0.15) is 17.4 Å². The second kappa shape index (κ2) is 7.07. The highest BCUT2D eigenvalue weighted by atomic mass is 35.5. The number of carbonyl (C=O) groups excluding carboxylic acids is 1. The molecule has 3 aromatic rings. The number of amides is 1. The Bertz CT molecular complexity index is 873. The van der Waals surface area contributed by atoms with Crippen molar-refractivity contribution >= 4 is 28.4 Å². The molecule has 0 aliphatic rings. The number of rotatable bonds is 5. The topological polar surface area (TPSA) is 54.3 Å². The fraction of sp³-hybridized carbons (Fsp3) is 0.211. The standard InChI is InChI=1S/C19H19ClN2O2/c1-13-9-14-5-2-3-8-17(14)22(13)12-19(24)21-11-18(23)15-6-4-7-16(20)10-15/h2-10,18,23H,11-12H2,1H3,(H,21,24)/t18-/m1/s1. The molecule has 0 aliphatic heterocycles. The Morgan fingerprint density at radius 3 is 2.79 bits per heavy atom. The Morgan fingerprint density at radius 1 is 1.21 bits per heavy atom. The van der Waals surface area contributed by atoms with Crippen LogP contribution in [0.2, 0.25) is 5.02 Å². The third-order valence-corrected chi connectivity index (χ3v) is 4.28. The molecule has 5 heteroatoms. The normalized spacial score (nSPS) is 12.3. The number of aromatic nitrogens is 1. The lowest BCUT2D eigenvalue weighted by Crippen LogP contribution is -2.31. The number of aryl methyl sites for hydroxylation is 1. The van der Waals surface area contributed by atoms with Crippen molar-refractivity contribution in [3.8, 4) is 0 Å². The first-order chi connectivity index (χ1) is 11.5. The Hall–Kier alpha value is -2.30. The molecule has 2 N–H and O–H groups in total. The number of hydrogen-bond donors (Lipinski definition) is 2. The summed E-state index contributed by atoms with van der Waals surface area (Å²) < 4.78 is 1.97. The van der Waals surface area contributed by atoms with E-state index in [4.69, 9.17) is 11.6 Å². The number of aliphatic hydroxyl groups is 1. The summed E-state index contributed by atoms with van der Waals surface area (Å²) in [5.41, 5.74) is 2.74. The van der Waals surface area contributed by atoms with Crippen molar-refractivity contribution in [2.24, 2.45) is 0 Å². The minimum atomic E-state index is -0.782. The molecule has 0 saturated heterocycles. The first-order valence-electron chi connectivity index (χ1n) is 7.79. The maximum Gasteiger partial charge on any atom is 0.240 e. The average Bonchev–Trinajstić information content (AvgIpc) is 2.88. The van der Waals surface area contributed by atoms with E-state index in [9.17, 15) is 9.90 Å². The molecule has 1 heterocycles. The molecule has 0 unspecified atom stereocenters. The Kier molecular flexibility index (Phi) is 4.88. The molecule has 4 nitrogen and oxygen atoms in total. The summed E-state index contributed by atoms with van der Waals surface area (Å²) in [6, 6.07) is 17.0. The predicted octanol–water partition coefficient (Wildman–Crippen LogP) is 3.45. The van der Waals surface area contributed by atoms with Gasteiger partial charge in [0.25, 0.3) is 0 Å². The van der Waals surface area contributed by atoms with Gasteiger partial charge in [-0.3, -0.25) is 4.79 Å². The van der Waals surface area contributed by atoms with E-state index in [1.54, 1.807) is 24.3 Å². The molecular formula is C19H19ClN2O2. The maximum atomic E-state index is 12.2. The van der Waals surface area contributed by atoms with Crippen LogP contribution < -0.4 is 5.32 Å². The lowest BCUT2D eigenvalue weighted by atomic mass is 10.1. The highest BCUT2D eigenvalue weighted by molar-refractivity contribution is 6.30. The molecule has 1 atom stereocenters. The molecule has 0 saturated carbocycles. The van der Waals surface area contributed by atoms with Crippen LogP contribution in [-0.4, -0.2) is 22.1 Å². The first-order valence-corrected chi connectivity index (χ1v) is 8.17. The minimum Gasteiger partial charge on any atom is -0.387 e. The number of nitrogens with zero attached hydrogens (tertiary/aromatic N) is 1. The molecule has 0 spiro atoms. The second-order valence-corrected chi connectivity index (χ2v) is 6.24. The molecule has 0 radical (unpaired) electrons. The molecule has 1 amide bonds. The minimum absolute atomic E-state index is 0.138. The summed E-state index contributed by atoms with van der Waals surface area (Å²) in [7, 11) is 0. The van der Waals surface area contributed by atoms with E-state index in [0.29, 0.717) is 10.6 Å². The van der Waals surface area contributed by atoms with Gasteiger partial charge in [0, 0.05) is 22.8 Å². The predicted molar refractivity (Wildman–Crippen MR) is 96.1 cm³/mol. The van der Waals surface area contributed by atoms with Crippen molar-refractivity contribution < 1.29 is 9.90 Å². The number of carbonyl (C=O) groups is 1. The van der Waals surface area contributed by atoms with Gasteiger partial charge < -0.3 is 15.0 Å². The Labute approximate surface area is 145 Å². The fourth-order valence-electron chi connectivity index (χ4n) is 2.80. The lowest BCUT2D eigenvalue weighted by Gasteiger charge is -2.14. The van der Waals surface area contributed by atoms with Gasteiger partial charge in [-0.15, -0.1) is 0 Å². The van der Waals surface area contributed by atoms with Crippen molar-refractivity contribution in [3.05, 3.63) is 70.9 Å². The number of nitrogens with one attached hydrogen (secondary N) is 1. The van der Waals surface area contributed by atoms with Crippen LogP contribution in [-0.2, 0) is 11.3 Å². The van der Waals surface area contributed by atoms with E-state index in [0.717, 1.165) is 16.6 Å². The average molecular weight is 343 g/mol. The summed E-state index contributed by atoms with van der Waals surface area (Å²) in [6.45, 7) is 2.35. The quantitative estimate of drug-likeness (QED) is 0.746. The van der Waals surface area contributed by atoms with E-state index in [2.05, 4.69) is 11.4 Å². The van der Waals surface area contributed by atoms with Crippen LogP contribution in [0, 0.1) is 6.92 Å². The molecule has 0 aliphatic carbocycles. The van der Waals surface area contributed by atoms with Crippen molar-refractivity contribution in [3.63, 3.8) is 0 Å². The van der Waals surface area contributed by atoms with E-state index < -0.39 is 6.10 Å². The van der Waals surface area contributed by atoms with Crippen LogP contribution in [0.15, 0.2) is 54.6 Å². The summed E-state index contributed by atoms with van der Waals surface area (Å²) in [4.78, 5) is 12.2. The number of benzene rings is 2. The zero-order valence-electron chi connectivity index (χ0n) is 13.4. The van der Waals surface area contributed by atoms with Gasteiger partial charge >= 0.3 is 0 Å². The van der Waals surface area contributed by atoms with Gasteiger partial charge in [-0.1, -0.05) is 41.9 Å². The van der Waals surface area contributed by atoms with E-state index in [1.807, 2.05) is 35.8 Å². The van der Waals surface area contributed by atoms with E-state index in [1.165, 1.54) is 0 Å². The van der Waals surface area contributed by atoms with Gasteiger partial charge in [0.2, 0.25) is 5.91 Å². The maximum absolute atomic E-state index is 12.2. The van der Waals surface area contributed by atoms with Gasteiger partial charge in [0.05, 0.1) is 6.10 Å². The summed E-state index contributed by atoms with van der Waals surface area (Å²) in [6.07, 6.45) is -0.782. The zero-order valence-corrected chi connectivity index (χ0v) is 14.1. The van der Waals surface area contributed by atoms with E-state index >= 15 is 0 Å². The molecule has 0 bridgehead atoms. The second-order valence-electron chi connectivity index (χ2n) is 5.81. The van der Waals surface area contributed by atoms with Crippen LogP contribution in [0.5, 0.6) is 0 Å². The zero-order chi connectivity index (χ0) is 17.1. The van der Waals surface area contributed by atoms with Crippen molar-refractivity contribution in [1.29, 1.82) is 0 Å². The highest BCUT2D eigenvalue weighted by Crippen LogP contribution is 2.19. The monoisotopic (exact) mass is 342 g/mol.